The SMILES string of the molecule is O=C(CN1C(=O)[C@H](C(=O)N2CCCC2)Sc2ccccc21)NC1CCN(Cc2ccccc2)CC1. The third-order valence-corrected chi connectivity index (χ3v) is 8.27. The summed E-state index contributed by atoms with van der Waals surface area (Å²) in [7, 11) is 0. The maximum atomic E-state index is 13.4. The number of nitrogens with one attached hydrogen (secondary N) is 1. The molecular weight excluding hydrogens is 460 g/mol. The molecule has 7 nitrogen and oxygen atoms in total. The summed E-state index contributed by atoms with van der Waals surface area (Å²) in [5.74, 6) is -0.601. The highest BCUT2D eigenvalue weighted by Crippen LogP contribution is 2.40. The van der Waals surface area contributed by atoms with Crippen LogP contribution in [0, 0.1) is 0 Å². The first-order valence-corrected chi connectivity index (χ1v) is 13.4. The molecule has 0 bridgehead atoms. The van der Waals surface area contributed by atoms with E-state index in [0.717, 1.165) is 50.2 Å². The molecule has 2 fully saturated rings. The van der Waals surface area contributed by atoms with Crippen LogP contribution in [0.5, 0.6) is 0 Å². The first-order chi connectivity index (χ1) is 17.1. The highest BCUT2D eigenvalue weighted by Gasteiger charge is 2.41. The molecule has 0 unspecified atom stereocenters. The van der Waals surface area contributed by atoms with Gasteiger partial charge in [0.05, 0.1) is 5.69 Å². The Bertz CT molecular complexity index is 1070. The molecule has 0 saturated carbocycles. The van der Waals surface area contributed by atoms with Gasteiger partial charge in [-0.2, -0.15) is 0 Å². The fourth-order valence-corrected chi connectivity index (χ4v) is 6.32. The second kappa shape index (κ2) is 10.8. The molecule has 0 radical (unpaired) electrons. The zero-order valence-electron chi connectivity index (χ0n) is 19.9. The third kappa shape index (κ3) is 5.54. The van der Waals surface area contributed by atoms with Gasteiger partial charge in [0.2, 0.25) is 11.8 Å². The van der Waals surface area contributed by atoms with Crippen molar-refractivity contribution in [1.29, 1.82) is 0 Å². The van der Waals surface area contributed by atoms with Crippen LogP contribution in [0.15, 0.2) is 59.5 Å². The number of fused-ring (bicyclic) bond motifs is 1. The molecule has 1 N–H and O–H groups in total. The van der Waals surface area contributed by atoms with E-state index in [9.17, 15) is 14.4 Å². The smallest absolute Gasteiger partial charge is 0.250 e. The lowest BCUT2D eigenvalue weighted by Gasteiger charge is -2.35. The monoisotopic (exact) mass is 492 g/mol. The number of thioether (sulfide) groups is 1. The normalized spacial score (nSPS) is 21.1. The number of piperidine rings is 1. The highest BCUT2D eigenvalue weighted by molar-refractivity contribution is 8.01. The quantitative estimate of drug-likeness (QED) is 0.628. The summed E-state index contributed by atoms with van der Waals surface area (Å²) >= 11 is 1.31. The number of hydrogen-bond donors (Lipinski definition) is 1. The summed E-state index contributed by atoms with van der Waals surface area (Å²) in [6, 6.07) is 18.1. The number of hydrogen-bond acceptors (Lipinski definition) is 5. The Morgan fingerprint density at radius 1 is 0.914 bits per heavy atom. The zero-order chi connectivity index (χ0) is 24.2. The first-order valence-electron chi connectivity index (χ1n) is 12.5. The molecule has 0 spiro atoms. The van der Waals surface area contributed by atoms with E-state index >= 15 is 0 Å². The van der Waals surface area contributed by atoms with Crippen molar-refractivity contribution < 1.29 is 14.4 Å². The number of likely N-dealkylation sites (tertiary alicyclic amines) is 2. The summed E-state index contributed by atoms with van der Waals surface area (Å²) in [4.78, 5) is 46.1. The highest BCUT2D eigenvalue weighted by atomic mass is 32.2. The van der Waals surface area contributed by atoms with Crippen LogP contribution in [0.1, 0.15) is 31.2 Å². The van der Waals surface area contributed by atoms with Crippen LogP contribution in [-0.2, 0) is 20.9 Å². The molecule has 2 aromatic rings. The van der Waals surface area contributed by atoms with E-state index < -0.39 is 5.25 Å². The van der Waals surface area contributed by atoms with E-state index in [-0.39, 0.29) is 30.3 Å². The van der Waals surface area contributed by atoms with Gasteiger partial charge in [0.15, 0.2) is 5.25 Å². The number of nitrogens with zero attached hydrogens (tertiary/aromatic N) is 3. The van der Waals surface area contributed by atoms with E-state index in [1.54, 1.807) is 4.90 Å². The van der Waals surface area contributed by atoms with Gasteiger partial charge in [-0.05, 0) is 43.4 Å². The summed E-state index contributed by atoms with van der Waals surface area (Å²) in [5.41, 5.74) is 2.01. The summed E-state index contributed by atoms with van der Waals surface area (Å²) < 4.78 is 0. The van der Waals surface area contributed by atoms with Crippen LogP contribution in [0.3, 0.4) is 0 Å². The number of amides is 3. The largest absolute Gasteiger partial charge is 0.352 e. The number of para-hydroxylation sites is 1. The van der Waals surface area contributed by atoms with Gasteiger partial charge in [0, 0.05) is 43.7 Å². The molecule has 3 aliphatic heterocycles. The molecule has 184 valence electrons. The zero-order valence-corrected chi connectivity index (χ0v) is 20.7. The molecule has 0 aliphatic carbocycles. The molecule has 5 rings (SSSR count). The van der Waals surface area contributed by atoms with Crippen molar-refractivity contribution in [3.63, 3.8) is 0 Å². The minimum atomic E-state index is -0.822. The Hall–Kier alpha value is -2.84. The van der Waals surface area contributed by atoms with Crippen LogP contribution in [0.4, 0.5) is 5.69 Å². The van der Waals surface area contributed by atoms with Crippen molar-refractivity contribution in [2.75, 3.05) is 37.6 Å². The molecule has 8 heteroatoms. The minimum absolute atomic E-state index is 0.0651. The van der Waals surface area contributed by atoms with Crippen molar-refractivity contribution in [1.82, 2.24) is 15.1 Å². The van der Waals surface area contributed by atoms with Crippen LogP contribution in [0.25, 0.3) is 0 Å². The average molecular weight is 493 g/mol. The van der Waals surface area contributed by atoms with E-state index in [1.807, 2.05) is 30.3 Å². The van der Waals surface area contributed by atoms with Crippen LogP contribution in [0.2, 0.25) is 0 Å². The van der Waals surface area contributed by atoms with Crippen molar-refractivity contribution in [3.8, 4) is 0 Å². The Morgan fingerprint density at radius 3 is 2.34 bits per heavy atom. The van der Waals surface area contributed by atoms with E-state index in [1.165, 1.54) is 22.2 Å². The van der Waals surface area contributed by atoms with Crippen LogP contribution < -0.4 is 10.2 Å². The van der Waals surface area contributed by atoms with Gasteiger partial charge >= 0.3 is 0 Å². The van der Waals surface area contributed by atoms with Crippen molar-refractivity contribution in [2.24, 2.45) is 0 Å². The van der Waals surface area contributed by atoms with Crippen LogP contribution in [-0.4, -0.2) is 71.5 Å². The van der Waals surface area contributed by atoms with Gasteiger partial charge < -0.3 is 15.1 Å². The van der Waals surface area contributed by atoms with Gasteiger partial charge in [-0.25, -0.2) is 0 Å². The summed E-state index contributed by atoms with van der Waals surface area (Å²) in [5, 5.41) is 2.32. The third-order valence-electron chi connectivity index (χ3n) is 7.04. The first kappa shape index (κ1) is 23.9. The number of carbonyl (C=O) groups is 3. The number of benzene rings is 2. The summed E-state index contributed by atoms with van der Waals surface area (Å²) in [6.07, 6.45) is 3.72. The predicted octanol–water partition coefficient (Wildman–Crippen LogP) is 2.90. The second-order valence-corrected chi connectivity index (χ2v) is 10.7. The van der Waals surface area contributed by atoms with Crippen LogP contribution >= 0.6 is 11.8 Å². The lowest BCUT2D eigenvalue weighted by atomic mass is 10.0. The van der Waals surface area contributed by atoms with Gasteiger partial charge in [-0.1, -0.05) is 42.5 Å². The fourth-order valence-electron chi connectivity index (χ4n) is 5.13. The topological polar surface area (TPSA) is 73.0 Å². The number of carbonyl (C=O) groups excluding carboxylic acids is 3. The van der Waals surface area contributed by atoms with Crippen molar-refractivity contribution >= 4 is 35.2 Å². The second-order valence-electron chi connectivity index (χ2n) is 9.53. The fraction of sp³-hybridized carbons (Fsp3) is 0.444. The molecule has 0 aromatic heterocycles. The van der Waals surface area contributed by atoms with Crippen molar-refractivity contribution in [2.45, 2.75) is 48.4 Å². The lowest BCUT2D eigenvalue weighted by molar-refractivity contribution is -0.134. The molecule has 2 aromatic carbocycles. The standard InChI is InChI=1S/C27H32N4O3S/c32-24(28-21-12-16-29(17-13-21)18-20-8-2-1-3-9-20)19-31-22-10-4-5-11-23(22)35-25(27(31)34)26(33)30-14-6-7-15-30/h1-5,8-11,21,25H,6-7,12-19H2,(H,28,32)/t25-/m0/s1. The Balaban J connectivity index is 1.19. The minimum Gasteiger partial charge on any atom is -0.352 e. The van der Waals surface area contributed by atoms with E-state index in [2.05, 4.69) is 34.5 Å². The molecule has 2 saturated heterocycles. The lowest BCUT2D eigenvalue weighted by Crippen LogP contribution is -2.53. The van der Waals surface area contributed by atoms with Gasteiger partial charge in [0.25, 0.3) is 5.91 Å². The number of rotatable bonds is 6. The van der Waals surface area contributed by atoms with Gasteiger partial charge in [-0.3, -0.25) is 19.3 Å². The molecule has 3 heterocycles. The molecule has 35 heavy (non-hydrogen) atoms. The van der Waals surface area contributed by atoms with E-state index in [4.69, 9.17) is 0 Å². The summed E-state index contributed by atoms with van der Waals surface area (Å²) in [6.45, 7) is 4.11. The van der Waals surface area contributed by atoms with Crippen molar-refractivity contribution in [3.05, 3.63) is 60.2 Å². The average Bonchev–Trinajstić information content (AvgIpc) is 3.42. The number of anilines is 1. The maximum Gasteiger partial charge on any atom is 0.250 e. The molecule has 3 amide bonds. The maximum absolute atomic E-state index is 13.4. The molecule has 1 atom stereocenters. The van der Waals surface area contributed by atoms with Gasteiger partial charge in [0.1, 0.15) is 6.54 Å². The Labute approximate surface area is 210 Å². The van der Waals surface area contributed by atoms with Gasteiger partial charge in [-0.15, -0.1) is 11.8 Å². The molecular formula is C27H32N4O3S. The Morgan fingerprint density at radius 2 is 1.60 bits per heavy atom. The van der Waals surface area contributed by atoms with E-state index in [0.29, 0.717) is 18.8 Å². The molecule has 3 aliphatic rings. The predicted molar refractivity (Wildman–Crippen MR) is 137 cm³/mol. The Kier molecular flexibility index (Phi) is 7.39.